The van der Waals surface area contributed by atoms with Crippen LogP contribution in [0.3, 0.4) is 0 Å². The molecule has 2 aromatic rings. The van der Waals surface area contributed by atoms with Gasteiger partial charge in [0.05, 0.1) is 36.2 Å². The predicted molar refractivity (Wildman–Crippen MR) is 371 cm³/mol. The summed E-state index contributed by atoms with van der Waals surface area (Å²) < 4.78 is 18.3. The van der Waals surface area contributed by atoms with Crippen LogP contribution in [0.1, 0.15) is 137 Å². The molecule has 6 heterocycles. The number of nitrogen functional groups attached to an aromatic ring is 1. The normalized spacial score (nSPS) is 24.3. The summed E-state index contributed by atoms with van der Waals surface area (Å²) in [7, 11) is 9.00. The number of nitrogens with one attached hydrogen (secondary N) is 5. The number of hydrogen-bond acceptors (Lipinski definition) is 22. The van der Waals surface area contributed by atoms with Gasteiger partial charge in [-0.15, -0.1) is 5.11 Å². The van der Waals surface area contributed by atoms with Crippen molar-refractivity contribution in [3.8, 4) is 11.5 Å². The first-order valence-electron chi connectivity index (χ1n) is 34.1. The Hall–Kier alpha value is -10.6. The van der Waals surface area contributed by atoms with E-state index < -0.39 is 197 Å². The first kappa shape index (κ1) is 79.7. The molecule has 5 aliphatic heterocycles. The number of hydrogen-bond donors (Lipinski definition) is 7. The van der Waals surface area contributed by atoms with Gasteiger partial charge in [-0.2, -0.15) is 0 Å². The third kappa shape index (κ3) is 17.3. The lowest BCUT2D eigenvalue weighted by Crippen LogP contribution is -2.61. The van der Waals surface area contributed by atoms with Gasteiger partial charge in [-0.05, 0) is 88.7 Å². The molecule has 6 aliphatic rings. The number of aryl methyl sites for hydroxylation is 1. The Labute approximate surface area is 595 Å². The number of ether oxygens (including phenoxy) is 2. The summed E-state index contributed by atoms with van der Waals surface area (Å²) >= 11 is 0. The number of anilines is 1. The van der Waals surface area contributed by atoms with E-state index in [1.807, 2.05) is 0 Å². The van der Waals surface area contributed by atoms with Crippen molar-refractivity contribution in [3.63, 3.8) is 0 Å². The van der Waals surface area contributed by atoms with Crippen molar-refractivity contribution in [1.82, 2.24) is 70.6 Å². The fourth-order valence-corrected chi connectivity index (χ4v) is 13.0. The molecule has 4 saturated heterocycles. The average Bonchev–Trinajstić information content (AvgIpc) is 1.51. The Kier molecular flexibility index (Phi) is 25.5. The maximum atomic E-state index is 15.2. The minimum absolute atomic E-state index is 0.0763. The van der Waals surface area contributed by atoms with Gasteiger partial charge in [0.2, 0.25) is 58.5 Å². The number of benzene rings is 2. The van der Waals surface area contributed by atoms with E-state index in [1.165, 1.54) is 92.0 Å². The molecule has 103 heavy (non-hydrogen) atoms. The monoisotopic (exact) mass is 1440 g/mol. The maximum Gasteiger partial charge on any atom is 0.329 e. The highest BCUT2D eigenvalue weighted by Crippen LogP contribution is 2.35. The minimum Gasteiger partial charge on any atom is -0.458 e. The summed E-state index contributed by atoms with van der Waals surface area (Å²) in [6.07, 6.45) is -0.313. The fraction of sp³-hybridized carbons (Fsp3) is 0.588. The van der Waals surface area contributed by atoms with E-state index in [-0.39, 0.29) is 65.4 Å². The molecule has 1 aromatic carbocycles. The van der Waals surface area contributed by atoms with Crippen LogP contribution in [0.15, 0.2) is 38.0 Å². The highest BCUT2D eigenvalue weighted by atomic mass is 16.6. The summed E-state index contributed by atoms with van der Waals surface area (Å²) in [6, 6.07) is -7.90. The van der Waals surface area contributed by atoms with Crippen molar-refractivity contribution in [3.05, 3.63) is 56.6 Å². The molecule has 1 aromatic heterocycles. The Bertz CT molecular complexity index is 4030. The van der Waals surface area contributed by atoms with Crippen molar-refractivity contribution >= 4 is 99.5 Å². The highest BCUT2D eigenvalue weighted by molar-refractivity contribution is 6.10. The van der Waals surface area contributed by atoms with Gasteiger partial charge in [-0.3, -0.25) is 62.5 Å². The summed E-state index contributed by atoms with van der Waals surface area (Å²) in [6.45, 7) is 18.4. The Balaban J connectivity index is 0.00000103. The molecule has 11 amide bonds. The van der Waals surface area contributed by atoms with Crippen molar-refractivity contribution in [1.29, 1.82) is 0 Å². The van der Waals surface area contributed by atoms with E-state index in [1.54, 1.807) is 76.4 Å². The number of carbonyl (C=O) groups is 13. The average molecular weight is 1440 g/mol. The molecule has 0 radical (unpaired) electrons. The summed E-state index contributed by atoms with van der Waals surface area (Å²) in [5.41, 5.74) is 8.77. The molecule has 0 saturated carbocycles. The largest absolute Gasteiger partial charge is 0.458 e. The van der Waals surface area contributed by atoms with Crippen molar-refractivity contribution < 1.29 is 76.2 Å². The van der Waals surface area contributed by atoms with Crippen LogP contribution in [0.5, 0.6) is 0 Å². The van der Waals surface area contributed by atoms with E-state index in [0.717, 1.165) is 9.80 Å². The van der Waals surface area contributed by atoms with Gasteiger partial charge >= 0.3 is 11.9 Å². The van der Waals surface area contributed by atoms with Crippen LogP contribution in [-0.2, 0) is 57.4 Å². The predicted octanol–water partition coefficient (Wildman–Crippen LogP) is 0.795. The zero-order valence-electron chi connectivity index (χ0n) is 61.5. The number of nitrogens with zero attached hydrogens (tertiary/aromatic N) is 11. The molecule has 0 spiro atoms. The Morgan fingerprint density at radius 3 is 1.54 bits per heavy atom. The Morgan fingerprint density at radius 1 is 0.660 bits per heavy atom. The van der Waals surface area contributed by atoms with E-state index in [0.29, 0.717) is 18.4 Å². The van der Waals surface area contributed by atoms with Crippen LogP contribution in [0, 0.1) is 37.5 Å². The standard InChI is InChI=1S/C62H86N12O16.C6H10N6O/c1-27(2)42-59(84)73-23-17-19-36(73)57(82)69(13)25-38(75)71(15)48(29(5)6)61(86)88-33(11)44(55(80)65-42)67-53(78)35-22-21-31(9)51-46(35)64-47-40(41(63)50(77)32(10)52(47)90-51)54(79)68-45-34(12)89-62(87)49(30(7)8)72(16)39(76)26-70(14)58(83)37-20-18-24-74(37)60(85)43(28(3)4)66-56(45)81;1-12(2)11-10-6-4(5(7)13)8-3-9-6/h21-22,27-30,33-34,36-37,42-45,48-49H,17-20,23-26,63H2,1-16H3,(H,65,80)(H,66,81)(H,67,78)(H,68,79);3H,1-2H3,(H2,7,13)(H,8,9)/t33-,34-,36+,37+,42-,43-,44+,45+,48+,49+;/m1./s1. The lowest BCUT2D eigenvalue weighted by atomic mass is 9.98. The number of likely N-dealkylation sites (N-methyl/N-ethyl adjacent to an activating group) is 4. The first-order valence-corrected chi connectivity index (χ1v) is 34.1. The Morgan fingerprint density at radius 2 is 1.12 bits per heavy atom. The van der Waals surface area contributed by atoms with Gasteiger partial charge in [0.1, 0.15) is 71.8 Å². The molecule has 1 aliphatic carbocycles. The van der Waals surface area contributed by atoms with Crippen molar-refractivity contribution in [2.75, 3.05) is 74.2 Å². The van der Waals surface area contributed by atoms with Crippen LogP contribution >= 0.6 is 0 Å². The zero-order chi connectivity index (χ0) is 76.8. The van der Waals surface area contributed by atoms with E-state index in [9.17, 15) is 57.5 Å². The van der Waals surface area contributed by atoms with Gasteiger partial charge in [-0.1, -0.05) is 66.7 Å². The second kappa shape index (κ2) is 33.0. The third-order valence-electron chi connectivity index (χ3n) is 18.7. The van der Waals surface area contributed by atoms with Gasteiger partial charge in [0.25, 0.3) is 17.7 Å². The molecule has 10 atom stereocenters. The second-order valence-electron chi connectivity index (χ2n) is 28.0. The molecule has 560 valence electrons. The second-order valence-corrected chi connectivity index (χ2v) is 28.0. The van der Waals surface area contributed by atoms with Gasteiger partial charge in [0.15, 0.2) is 17.0 Å². The molecular weight excluding hydrogens is 1340 g/mol. The molecule has 9 N–H and O–H groups in total. The number of H-pyrrole nitrogens is 1. The van der Waals surface area contributed by atoms with Crippen molar-refractivity contribution in [2.24, 2.45) is 39.7 Å². The van der Waals surface area contributed by atoms with Crippen molar-refractivity contribution in [2.45, 2.75) is 169 Å². The topological polar surface area (TPSA) is 460 Å². The summed E-state index contributed by atoms with van der Waals surface area (Å²) in [5, 5.41) is 19.5. The molecule has 35 heteroatoms. The molecule has 8 rings (SSSR count). The van der Waals surface area contributed by atoms with E-state index in [2.05, 4.69) is 41.6 Å². The SMILES string of the molecule is CN(C)N=Nc1nc[nH]c1C(N)=O.Cc1c2oc3c(C)ccc(C(=O)N[C@@H]4C(=O)N[C@H](C(C)C)C(=O)N5CCC[C@H]5C(=O)N(C)CC(=O)N(C)[C@@H](C(C)C)C(=O)O[C@@H]4C)c3nc-2c(C(=O)N[C@@H]2C(=O)N[C@H](C(C)C)C(=O)N3CCC[C@H]3C(=O)N(C)CC(=O)N(C)[C@@H](C(C)C)C(=O)O[C@@H]2C)c(N)c1=O. The number of esters is 2. The van der Waals surface area contributed by atoms with E-state index >= 15 is 9.59 Å². The summed E-state index contributed by atoms with van der Waals surface area (Å²) in [5.74, 6) is -12.8. The quantitative estimate of drug-likeness (QED) is 0.0359. The lowest BCUT2D eigenvalue weighted by molar-refractivity contribution is -0.163. The van der Waals surface area contributed by atoms with Gasteiger partial charge in [-0.25, -0.2) is 19.6 Å². The minimum atomic E-state index is -1.88. The fourth-order valence-electron chi connectivity index (χ4n) is 13.0. The first-order chi connectivity index (χ1) is 48.2. The smallest absolute Gasteiger partial charge is 0.329 e. The van der Waals surface area contributed by atoms with Gasteiger partial charge < -0.3 is 81.0 Å². The highest BCUT2D eigenvalue weighted by Gasteiger charge is 2.47. The van der Waals surface area contributed by atoms with Crippen LogP contribution < -0.4 is 38.2 Å². The molecule has 0 bridgehead atoms. The molecule has 4 fully saturated rings. The number of carbonyl (C=O) groups excluding carboxylic acids is 13. The van der Waals surface area contributed by atoms with Crippen LogP contribution in [0.25, 0.3) is 22.6 Å². The molecule has 0 unspecified atom stereocenters. The number of imidazole rings is 1. The van der Waals surface area contributed by atoms with E-state index in [4.69, 9.17) is 30.3 Å². The van der Waals surface area contributed by atoms with Crippen LogP contribution in [0.2, 0.25) is 0 Å². The van der Waals surface area contributed by atoms with Crippen LogP contribution in [0.4, 0.5) is 11.5 Å². The zero-order valence-corrected chi connectivity index (χ0v) is 61.5. The number of aromatic nitrogens is 3. The molecule has 35 nitrogen and oxygen atoms in total. The third-order valence-corrected chi connectivity index (χ3v) is 18.7. The van der Waals surface area contributed by atoms with Crippen LogP contribution in [-0.4, -0.2) is 255 Å². The number of primary amides is 1. The van der Waals surface area contributed by atoms with Gasteiger partial charge in [0, 0.05) is 60.9 Å². The number of aromatic amines is 1. The number of nitrogens with two attached hydrogens (primary N) is 2. The lowest BCUT2D eigenvalue weighted by Gasteiger charge is -2.36. The summed E-state index contributed by atoms with van der Waals surface area (Å²) in [4.78, 5) is 216. The number of cyclic esters (lactones) is 2. The number of amides is 11. The maximum absolute atomic E-state index is 15.2. The molecular formula is C68H96N18O17. The number of rotatable bonds is 11. The number of fused-ring (bicyclic) bond motifs is 4.